The largest absolute Gasteiger partial charge is 0.382 e. The second kappa shape index (κ2) is 4.28. The van der Waals surface area contributed by atoms with Crippen molar-refractivity contribution in [3.63, 3.8) is 0 Å². The molecule has 5 heteroatoms. The van der Waals surface area contributed by atoms with Crippen molar-refractivity contribution in [1.29, 1.82) is 0 Å². The summed E-state index contributed by atoms with van der Waals surface area (Å²) in [5, 5.41) is 0. The van der Waals surface area contributed by atoms with E-state index in [1.165, 1.54) is 0 Å². The lowest BCUT2D eigenvalue weighted by Gasteiger charge is -2.04. The molecule has 0 saturated heterocycles. The number of anilines is 1. The molecule has 0 aliphatic carbocycles. The first kappa shape index (κ1) is 10.6. The summed E-state index contributed by atoms with van der Waals surface area (Å²) in [5.41, 5.74) is 7.38. The molecular weight excluding hydrogens is 322 g/mol. The van der Waals surface area contributed by atoms with Crippen molar-refractivity contribution >= 4 is 37.7 Å². The molecule has 0 unspecified atom stereocenters. The molecule has 0 fully saturated rings. The number of nitrogens with two attached hydrogens (primary N) is 1. The van der Waals surface area contributed by atoms with E-state index in [0.29, 0.717) is 11.5 Å². The van der Waals surface area contributed by atoms with Gasteiger partial charge in [-0.15, -0.1) is 0 Å². The zero-order chi connectivity index (χ0) is 10.8. The number of nitrogens with zero attached hydrogens (tertiary/aromatic N) is 2. The molecular formula is C10H7Br2N3. The highest BCUT2D eigenvalue weighted by atomic mass is 79.9. The van der Waals surface area contributed by atoms with Gasteiger partial charge in [-0.2, -0.15) is 0 Å². The van der Waals surface area contributed by atoms with Crippen LogP contribution in [0.2, 0.25) is 0 Å². The van der Waals surface area contributed by atoms with Crippen molar-refractivity contribution in [2.75, 3.05) is 5.73 Å². The SMILES string of the molecule is Nc1nccnc1-c1ccc(Br)c(Br)c1. The summed E-state index contributed by atoms with van der Waals surface area (Å²) in [7, 11) is 0. The molecule has 2 N–H and O–H groups in total. The molecule has 76 valence electrons. The monoisotopic (exact) mass is 327 g/mol. The van der Waals surface area contributed by atoms with Gasteiger partial charge in [0.25, 0.3) is 0 Å². The van der Waals surface area contributed by atoms with Crippen LogP contribution in [0.1, 0.15) is 0 Å². The fraction of sp³-hybridized carbons (Fsp3) is 0. The quantitative estimate of drug-likeness (QED) is 0.874. The lowest BCUT2D eigenvalue weighted by atomic mass is 10.1. The third kappa shape index (κ3) is 2.18. The molecule has 0 spiro atoms. The Balaban J connectivity index is 2.55. The van der Waals surface area contributed by atoms with Crippen molar-refractivity contribution < 1.29 is 0 Å². The molecule has 0 amide bonds. The van der Waals surface area contributed by atoms with E-state index in [2.05, 4.69) is 41.8 Å². The molecule has 2 aromatic rings. The first-order chi connectivity index (χ1) is 7.18. The maximum Gasteiger partial charge on any atom is 0.149 e. The maximum absolute atomic E-state index is 5.74. The molecule has 0 radical (unpaired) electrons. The maximum atomic E-state index is 5.74. The molecule has 3 nitrogen and oxygen atoms in total. The number of benzene rings is 1. The summed E-state index contributed by atoms with van der Waals surface area (Å²) in [6.45, 7) is 0. The molecule has 0 bridgehead atoms. The number of rotatable bonds is 1. The Morgan fingerprint density at radius 2 is 1.73 bits per heavy atom. The van der Waals surface area contributed by atoms with Crippen molar-refractivity contribution in [2.24, 2.45) is 0 Å². The van der Waals surface area contributed by atoms with Gasteiger partial charge in [0.2, 0.25) is 0 Å². The van der Waals surface area contributed by atoms with Gasteiger partial charge in [-0.1, -0.05) is 6.07 Å². The van der Waals surface area contributed by atoms with Gasteiger partial charge in [-0.05, 0) is 44.0 Å². The van der Waals surface area contributed by atoms with Crippen LogP contribution in [-0.2, 0) is 0 Å². The van der Waals surface area contributed by atoms with Crippen LogP contribution in [0.5, 0.6) is 0 Å². The zero-order valence-corrected chi connectivity index (χ0v) is 10.8. The van der Waals surface area contributed by atoms with E-state index in [0.717, 1.165) is 14.5 Å². The van der Waals surface area contributed by atoms with Crippen LogP contribution < -0.4 is 5.73 Å². The molecule has 0 aliphatic rings. The van der Waals surface area contributed by atoms with E-state index in [-0.39, 0.29) is 0 Å². The molecule has 0 saturated carbocycles. The Hall–Kier alpha value is -0.940. The lowest BCUT2D eigenvalue weighted by Crippen LogP contribution is -1.95. The van der Waals surface area contributed by atoms with Gasteiger partial charge >= 0.3 is 0 Å². The third-order valence-corrected chi connectivity index (χ3v) is 3.80. The van der Waals surface area contributed by atoms with E-state index < -0.39 is 0 Å². The lowest BCUT2D eigenvalue weighted by molar-refractivity contribution is 1.21. The summed E-state index contributed by atoms with van der Waals surface area (Å²) >= 11 is 6.84. The first-order valence-electron chi connectivity index (χ1n) is 4.20. The highest BCUT2D eigenvalue weighted by Crippen LogP contribution is 2.29. The molecule has 0 atom stereocenters. The Labute approximate surface area is 104 Å². The van der Waals surface area contributed by atoms with Gasteiger partial charge in [-0.25, -0.2) is 4.98 Å². The molecule has 2 rings (SSSR count). The predicted octanol–water partition coefficient (Wildman–Crippen LogP) is 3.25. The minimum absolute atomic E-state index is 0.437. The fourth-order valence-corrected chi connectivity index (χ4v) is 1.84. The Bertz CT molecular complexity index is 500. The number of halogens is 2. The van der Waals surface area contributed by atoms with Gasteiger partial charge in [0, 0.05) is 26.9 Å². The Morgan fingerprint density at radius 1 is 1.00 bits per heavy atom. The van der Waals surface area contributed by atoms with Crippen LogP contribution >= 0.6 is 31.9 Å². The van der Waals surface area contributed by atoms with E-state index in [1.54, 1.807) is 12.4 Å². The van der Waals surface area contributed by atoms with Crippen molar-refractivity contribution in [1.82, 2.24) is 9.97 Å². The summed E-state index contributed by atoms with van der Waals surface area (Å²) < 4.78 is 1.96. The van der Waals surface area contributed by atoms with Crippen molar-refractivity contribution in [3.05, 3.63) is 39.5 Å². The fourth-order valence-electron chi connectivity index (χ4n) is 1.21. The summed E-state index contributed by atoms with van der Waals surface area (Å²) in [4.78, 5) is 8.19. The second-order valence-electron chi connectivity index (χ2n) is 2.92. The van der Waals surface area contributed by atoms with Crippen LogP contribution in [0.3, 0.4) is 0 Å². The third-order valence-electron chi connectivity index (χ3n) is 1.92. The second-order valence-corrected chi connectivity index (χ2v) is 4.63. The molecule has 1 aromatic carbocycles. The van der Waals surface area contributed by atoms with E-state index in [4.69, 9.17) is 5.73 Å². The van der Waals surface area contributed by atoms with Crippen LogP contribution in [0.25, 0.3) is 11.3 Å². The standard InChI is InChI=1S/C10H7Br2N3/c11-7-2-1-6(5-8(7)12)9-10(13)15-4-3-14-9/h1-5H,(H2,13,15). The molecule has 15 heavy (non-hydrogen) atoms. The van der Waals surface area contributed by atoms with Crippen molar-refractivity contribution in [3.8, 4) is 11.3 Å². The molecule has 0 aliphatic heterocycles. The van der Waals surface area contributed by atoms with Crippen LogP contribution in [0.4, 0.5) is 5.82 Å². The summed E-state index contributed by atoms with van der Waals surface area (Å²) in [6.07, 6.45) is 3.20. The highest BCUT2D eigenvalue weighted by Gasteiger charge is 2.06. The van der Waals surface area contributed by atoms with E-state index in [9.17, 15) is 0 Å². The number of hydrogen-bond acceptors (Lipinski definition) is 3. The zero-order valence-electron chi connectivity index (χ0n) is 7.61. The highest BCUT2D eigenvalue weighted by molar-refractivity contribution is 9.13. The van der Waals surface area contributed by atoms with Crippen LogP contribution in [-0.4, -0.2) is 9.97 Å². The molecule has 1 aromatic heterocycles. The van der Waals surface area contributed by atoms with Crippen molar-refractivity contribution in [2.45, 2.75) is 0 Å². The minimum Gasteiger partial charge on any atom is -0.382 e. The van der Waals surface area contributed by atoms with Gasteiger partial charge in [0.15, 0.2) is 0 Å². The predicted molar refractivity (Wildman–Crippen MR) is 67.3 cm³/mol. The van der Waals surface area contributed by atoms with Gasteiger partial charge in [-0.3, -0.25) is 4.98 Å². The Morgan fingerprint density at radius 3 is 2.40 bits per heavy atom. The first-order valence-corrected chi connectivity index (χ1v) is 5.79. The van der Waals surface area contributed by atoms with Crippen LogP contribution in [0.15, 0.2) is 39.5 Å². The topological polar surface area (TPSA) is 51.8 Å². The minimum atomic E-state index is 0.437. The van der Waals surface area contributed by atoms with Gasteiger partial charge in [0.05, 0.1) is 0 Å². The average molecular weight is 329 g/mol. The Kier molecular flexibility index (Phi) is 3.02. The summed E-state index contributed by atoms with van der Waals surface area (Å²) in [5.74, 6) is 0.437. The molecule has 1 heterocycles. The number of nitrogen functional groups attached to an aromatic ring is 1. The van der Waals surface area contributed by atoms with E-state index in [1.807, 2.05) is 18.2 Å². The normalized spacial score (nSPS) is 10.3. The average Bonchev–Trinajstić information content (AvgIpc) is 2.23. The van der Waals surface area contributed by atoms with E-state index >= 15 is 0 Å². The smallest absolute Gasteiger partial charge is 0.149 e. The number of hydrogen-bond donors (Lipinski definition) is 1. The van der Waals surface area contributed by atoms with Gasteiger partial charge in [0.1, 0.15) is 11.5 Å². The number of aromatic nitrogens is 2. The summed E-state index contributed by atoms with van der Waals surface area (Å²) in [6, 6.07) is 5.83. The van der Waals surface area contributed by atoms with Gasteiger partial charge < -0.3 is 5.73 Å². The van der Waals surface area contributed by atoms with Crippen LogP contribution in [0, 0.1) is 0 Å².